The zero-order valence-electron chi connectivity index (χ0n) is 11.1. The normalized spacial score (nSPS) is 17.4. The van der Waals surface area contributed by atoms with Crippen molar-refractivity contribution in [1.29, 1.82) is 0 Å². The van der Waals surface area contributed by atoms with Gasteiger partial charge in [0.1, 0.15) is 11.0 Å². The number of piperidine rings is 1. The first-order chi connectivity index (χ1) is 8.54. The second kappa shape index (κ2) is 5.74. The zero-order valence-corrected chi connectivity index (χ0v) is 11.8. The van der Waals surface area contributed by atoms with E-state index in [4.69, 9.17) is 17.3 Å². The van der Waals surface area contributed by atoms with Crippen molar-refractivity contribution in [2.45, 2.75) is 33.1 Å². The molecule has 1 aliphatic rings. The molecule has 0 atom stereocenters. The summed E-state index contributed by atoms with van der Waals surface area (Å²) in [5, 5.41) is 0.418. The first-order valence-corrected chi connectivity index (χ1v) is 6.97. The number of halogens is 1. The van der Waals surface area contributed by atoms with E-state index in [1.54, 1.807) is 6.07 Å². The van der Waals surface area contributed by atoms with Crippen molar-refractivity contribution in [3.63, 3.8) is 0 Å². The van der Waals surface area contributed by atoms with Gasteiger partial charge in [-0.1, -0.05) is 25.4 Å². The summed E-state index contributed by atoms with van der Waals surface area (Å²) < 4.78 is 0. The molecule has 1 aliphatic heterocycles. The minimum Gasteiger partial charge on any atom is -0.368 e. The molecule has 100 valence electrons. The highest BCUT2D eigenvalue weighted by Crippen LogP contribution is 2.27. The number of rotatable bonds is 3. The second-order valence-corrected chi connectivity index (χ2v) is 5.85. The van der Waals surface area contributed by atoms with Gasteiger partial charge >= 0.3 is 0 Å². The summed E-state index contributed by atoms with van der Waals surface area (Å²) >= 11 is 5.91. The van der Waals surface area contributed by atoms with Gasteiger partial charge in [-0.25, -0.2) is 4.98 Å². The third kappa shape index (κ3) is 3.48. The van der Waals surface area contributed by atoms with Crippen LogP contribution in [0.5, 0.6) is 0 Å². The van der Waals surface area contributed by atoms with E-state index in [1.165, 1.54) is 19.3 Å². The summed E-state index contributed by atoms with van der Waals surface area (Å²) in [6.45, 7) is 6.64. The summed E-state index contributed by atoms with van der Waals surface area (Å²) in [6, 6.07) is 1.79. The number of aromatic nitrogens is 2. The molecule has 0 bridgehead atoms. The molecule has 2 rings (SSSR count). The number of hydrogen-bond donors (Lipinski definition) is 1. The summed E-state index contributed by atoms with van der Waals surface area (Å²) in [7, 11) is 0. The predicted molar refractivity (Wildman–Crippen MR) is 75.8 cm³/mol. The minimum atomic E-state index is 0.252. The fourth-order valence-electron chi connectivity index (χ4n) is 2.65. The highest BCUT2D eigenvalue weighted by molar-refractivity contribution is 6.29. The van der Waals surface area contributed by atoms with Crippen LogP contribution < -0.4 is 10.6 Å². The standard InChI is InChI=1S/C13H21ClN4/c1-9(2)7-10-3-5-18(6-4-10)12-8-11(14)16-13(15)17-12/h8-10H,3-7H2,1-2H3,(H2,15,16,17). The molecule has 2 heterocycles. The number of nitrogens with zero attached hydrogens (tertiary/aromatic N) is 3. The van der Waals surface area contributed by atoms with E-state index in [0.717, 1.165) is 30.7 Å². The molecule has 0 saturated carbocycles. The van der Waals surface area contributed by atoms with Crippen molar-refractivity contribution >= 4 is 23.4 Å². The summed E-state index contributed by atoms with van der Waals surface area (Å²) in [6.07, 6.45) is 3.76. The average Bonchev–Trinajstić information content (AvgIpc) is 2.27. The molecule has 18 heavy (non-hydrogen) atoms. The summed E-state index contributed by atoms with van der Waals surface area (Å²) in [5.74, 6) is 2.74. The second-order valence-electron chi connectivity index (χ2n) is 5.47. The Balaban J connectivity index is 1.96. The van der Waals surface area contributed by atoms with Crippen LogP contribution in [0.3, 0.4) is 0 Å². The van der Waals surface area contributed by atoms with Crippen LogP contribution in [0.4, 0.5) is 11.8 Å². The van der Waals surface area contributed by atoms with Crippen molar-refractivity contribution in [3.8, 4) is 0 Å². The number of hydrogen-bond acceptors (Lipinski definition) is 4. The van der Waals surface area contributed by atoms with Gasteiger partial charge in [0.25, 0.3) is 0 Å². The molecule has 5 heteroatoms. The van der Waals surface area contributed by atoms with Crippen LogP contribution >= 0.6 is 11.6 Å². The maximum absolute atomic E-state index is 5.91. The van der Waals surface area contributed by atoms with Gasteiger partial charge in [-0.15, -0.1) is 0 Å². The smallest absolute Gasteiger partial charge is 0.223 e. The molecule has 0 spiro atoms. The molecule has 1 saturated heterocycles. The lowest BCUT2D eigenvalue weighted by atomic mass is 9.89. The van der Waals surface area contributed by atoms with Crippen LogP contribution in [-0.2, 0) is 0 Å². The maximum atomic E-state index is 5.91. The monoisotopic (exact) mass is 268 g/mol. The molecule has 2 N–H and O–H groups in total. The SMILES string of the molecule is CC(C)CC1CCN(c2cc(Cl)nc(N)n2)CC1. The van der Waals surface area contributed by atoms with Crippen LogP contribution in [0.2, 0.25) is 5.15 Å². The van der Waals surface area contributed by atoms with Gasteiger partial charge in [-0.3, -0.25) is 0 Å². The summed E-state index contributed by atoms with van der Waals surface area (Å²) in [4.78, 5) is 10.4. The van der Waals surface area contributed by atoms with E-state index in [1.807, 2.05) is 0 Å². The average molecular weight is 269 g/mol. The minimum absolute atomic E-state index is 0.252. The van der Waals surface area contributed by atoms with E-state index >= 15 is 0 Å². The zero-order chi connectivity index (χ0) is 13.1. The van der Waals surface area contributed by atoms with Crippen molar-refractivity contribution in [2.75, 3.05) is 23.7 Å². The lowest BCUT2D eigenvalue weighted by molar-refractivity contribution is 0.337. The first kappa shape index (κ1) is 13.4. The van der Waals surface area contributed by atoms with Gasteiger partial charge in [0, 0.05) is 19.2 Å². The van der Waals surface area contributed by atoms with Crippen molar-refractivity contribution in [1.82, 2.24) is 9.97 Å². The molecular weight excluding hydrogens is 248 g/mol. The lowest BCUT2D eigenvalue weighted by Crippen LogP contribution is -2.34. The number of anilines is 2. The van der Waals surface area contributed by atoms with Crippen LogP contribution in [0, 0.1) is 11.8 Å². The molecule has 4 nitrogen and oxygen atoms in total. The van der Waals surface area contributed by atoms with Crippen LogP contribution in [-0.4, -0.2) is 23.1 Å². The number of nitrogen functional groups attached to an aromatic ring is 1. The van der Waals surface area contributed by atoms with E-state index in [9.17, 15) is 0 Å². The Morgan fingerprint density at radius 3 is 2.61 bits per heavy atom. The first-order valence-electron chi connectivity index (χ1n) is 6.59. The van der Waals surface area contributed by atoms with Crippen molar-refractivity contribution in [2.24, 2.45) is 11.8 Å². The van der Waals surface area contributed by atoms with E-state index in [2.05, 4.69) is 28.7 Å². The largest absolute Gasteiger partial charge is 0.368 e. The van der Waals surface area contributed by atoms with Crippen molar-refractivity contribution in [3.05, 3.63) is 11.2 Å². The van der Waals surface area contributed by atoms with Crippen LogP contribution in [0.1, 0.15) is 33.1 Å². The van der Waals surface area contributed by atoms with Crippen LogP contribution in [0.25, 0.3) is 0 Å². The third-order valence-corrected chi connectivity index (χ3v) is 3.64. The Hall–Kier alpha value is -1.03. The molecule has 0 aromatic carbocycles. The van der Waals surface area contributed by atoms with Gasteiger partial charge in [0.2, 0.25) is 5.95 Å². The molecule has 1 fully saturated rings. The molecule has 0 amide bonds. The number of nitrogens with two attached hydrogens (primary N) is 1. The Bertz CT molecular complexity index is 380. The molecule has 1 aromatic heterocycles. The Morgan fingerprint density at radius 1 is 1.39 bits per heavy atom. The fraction of sp³-hybridized carbons (Fsp3) is 0.692. The van der Waals surface area contributed by atoms with Gasteiger partial charge in [-0.2, -0.15) is 4.98 Å². The molecule has 0 unspecified atom stereocenters. The molecule has 1 aromatic rings. The molecule has 0 radical (unpaired) electrons. The van der Waals surface area contributed by atoms with Gasteiger partial charge in [0.15, 0.2) is 0 Å². The third-order valence-electron chi connectivity index (χ3n) is 3.44. The van der Waals surface area contributed by atoms with Gasteiger partial charge in [0.05, 0.1) is 0 Å². The Kier molecular flexibility index (Phi) is 4.27. The fourth-order valence-corrected chi connectivity index (χ4v) is 2.83. The maximum Gasteiger partial charge on any atom is 0.223 e. The van der Waals surface area contributed by atoms with Crippen molar-refractivity contribution < 1.29 is 0 Å². The van der Waals surface area contributed by atoms with E-state index in [-0.39, 0.29) is 5.95 Å². The Morgan fingerprint density at radius 2 is 2.06 bits per heavy atom. The highest BCUT2D eigenvalue weighted by atomic mass is 35.5. The molecular formula is C13H21ClN4. The lowest BCUT2D eigenvalue weighted by Gasteiger charge is -2.33. The van der Waals surface area contributed by atoms with Crippen LogP contribution in [0.15, 0.2) is 6.07 Å². The Labute approximate surface area is 114 Å². The topological polar surface area (TPSA) is 55.0 Å². The van der Waals surface area contributed by atoms with Gasteiger partial charge < -0.3 is 10.6 Å². The highest BCUT2D eigenvalue weighted by Gasteiger charge is 2.21. The summed E-state index contributed by atoms with van der Waals surface area (Å²) in [5.41, 5.74) is 5.63. The van der Waals surface area contributed by atoms with E-state index in [0.29, 0.717) is 5.15 Å². The quantitative estimate of drug-likeness (QED) is 0.857. The van der Waals surface area contributed by atoms with Gasteiger partial charge in [-0.05, 0) is 31.1 Å². The predicted octanol–water partition coefficient (Wildman–Crippen LogP) is 2.97. The molecule has 0 aliphatic carbocycles. The van der Waals surface area contributed by atoms with E-state index < -0.39 is 0 Å².